The number of carboxylic acid groups (broad SMARTS) is 2. The number of aromatic nitrogens is 4. The third-order valence-electron chi connectivity index (χ3n) is 5.17. The van der Waals surface area contributed by atoms with Crippen LogP contribution in [0.3, 0.4) is 0 Å². The second-order valence-electron chi connectivity index (χ2n) is 7.75. The molecule has 0 aliphatic rings. The first kappa shape index (κ1) is 27.0. The van der Waals surface area contributed by atoms with E-state index in [0.29, 0.717) is 6.61 Å². The van der Waals surface area contributed by atoms with Gasteiger partial charge in [0.25, 0.3) is 0 Å². The zero-order valence-corrected chi connectivity index (χ0v) is 19.3. The molecule has 0 saturated carbocycles. The number of benzene rings is 1. The summed E-state index contributed by atoms with van der Waals surface area (Å²) in [5.74, 6) is -2.33. The maximum atomic E-state index is 11.5. The largest absolute Gasteiger partial charge is 0.493 e. The van der Waals surface area contributed by atoms with Crippen LogP contribution in [0.1, 0.15) is 29.9 Å². The lowest BCUT2D eigenvalue weighted by molar-refractivity contribution is -0.192. The lowest BCUT2D eigenvalue weighted by atomic mass is 9.89. The highest BCUT2D eigenvalue weighted by Gasteiger charge is 2.38. The van der Waals surface area contributed by atoms with Gasteiger partial charge in [0.1, 0.15) is 5.75 Å². The fourth-order valence-corrected chi connectivity index (χ4v) is 3.51. The fraction of sp³-hybridized carbons (Fsp3) is 0.250. The number of nitrogens with one attached hydrogen (secondary N) is 3. The number of aliphatic carboxylic acids is 2. The number of carboxylic acids is 2. The minimum atomic E-state index is -5.08. The van der Waals surface area contributed by atoms with Crippen LogP contribution in [0.25, 0.3) is 10.9 Å². The van der Waals surface area contributed by atoms with Crippen LogP contribution in [0.5, 0.6) is 5.75 Å². The number of hydrogen-bond donors (Lipinski definition) is 5. The molecular formula is C24H24F3N5O5. The van der Waals surface area contributed by atoms with Gasteiger partial charge in [-0.1, -0.05) is 0 Å². The van der Waals surface area contributed by atoms with Gasteiger partial charge >= 0.3 is 18.1 Å². The second-order valence-corrected chi connectivity index (χ2v) is 7.75. The molecule has 0 aliphatic heterocycles. The summed E-state index contributed by atoms with van der Waals surface area (Å²) in [6.07, 6.45) is 4.49. The predicted octanol–water partition coefficient (Wildman–Crippen LogP) is 4.41. The molecule has 0 aliphatic carbocycles. The van der Waals surface area contributed by atoms with Gasteiger partial charge in [-0.3, -0.25) is 9.78 Å². The number of nitrogens with zero attached hydrogens (tertiary/aromatic N) is 2. The average Bonchev–Trinajstić information content (AvgIpc) is 3.52. The van der Waals surface area contributed by atoms with Crippen LogP contribution in [0, 0.1) is 0 Å². The van der Waals surface area contributed by atoms with E-state index in [1.165, 1.54) is 0 Å². The highest BCUT2D eigenvalue weighted by Crippen LogP contribution is 2.34. The number of pyridine rings is 1. The molecule has 4 rings (SSSR count). The van der Waals surface area contributed by atoms with Gasteiger partial charge in [0.2, 0.25) is 0 Å². The molecule has 0 spiro atoms. The zero-order valence-electron chi connectivity index (χ0n) is 19.3. The molecule has 13 heteroatoms. The van der Waals surface area contributed by atoms with E-state index < -0.39 is 18.1 Å². The van der Waals surface area contributed by atoms with Crippen LogP contribution in [0.2, 0.25) is 0 Å². The van der Waals surface area contributed by atoms with E-state index in [-0.39, 0.29) is 12.3 Å². The molecule has 0 bridgehead atoms. The Bertz CT molecular complexity index is 1290. The summed E-state index contributed by atoms with van der Waals surface area (Å²) in [7, 11) is 0. The van der Waals surface area contributed by atoms with Gasteiger partial charge in [-0.15, -0.1) is 0 Å². The van der Waals surface area contributed by atoms with Crippen molar-refractivity contribution >= 4 is 28.8 Å². The highest BCUT2D eigenvalue weighted by molar-refractivity contribution is 5.86. The Morgan fingerprint density at radius 1 is 1.08 bits per heavy atom. The molecule has 196 valence electrons. The van der Waals surface area contributed by atoms with Crippen LogP contribution < -0.4 is 10.1 Å². The Kier molecular flexibility index (Phi) is 9.08. The molecule has 5 N–H and O–H groups in total. The maximum absolute atomic E-state index is 11.5. The number of ether oxygens (including phenoxy) is 1. The quantitative estimate of drug-likeness (QED) is 0.193. The van der Waals surface area contributed by atoms with Gasteiger partial charge in [0.05, 0.1) is 13.0 Å². The molecule has 3 heterocycles. The van der Waals surface area contributed by atoms with E-state index >= 15 is 0 Å². The molecule has 1 atom stereocenters. The Labute approximate surface area is 208 Å². The van der Waals surface area contributed by atoms with Crippen LogP contribution >= 0.6 is 0 Å². The van der Waals surface area contributed by atoms with E-state index in [4.69, 9.17) is 14.6 Å². The summed E-state index contributed by atoms with van der Waals surface area (Å²) in [6.45, 7) is 1.33. The monoisotopic (exact) mass is 519 g/mol. The number of anilines is 1. The van der Waals surface area contributed by atoms with Gasteiger partial charge in [0.15, 0.2) is 5.95 Å². The summed E-state index contributed by atoms with van der Waals surface area (Å²) in [4.78, 5) is 34.8. The molecule has 37 heavy (non-hydrogen) atoms. The number of hydrogen-bond acceptors (Lipinski definition) is 6. The van der Waals surface area contributed by atoms with Crippen molar-refractivity contribution in [3.63, 3.8) is 0 Å². The van der Waals surface area contributed by atoms with Crippen LogP contribution in [-0.2, 0) is 9.59 Å². The molecular weight excluding hydrogens is 495 g/mol. The Balaban J connectivity index is 0.000000479. The predicted molar refractivity (Wildman–Crippen MR) is 128 cm³/mol. The molecule has 3 aromatic heterocycles. The van der Waals surface area contributed by atoms with Crippen molar-refractivity contribution in [2.75, 3.05) is 18.5 Å². The molecule has 0 amide bonds. The van der Waals surface area contributed by atoms with Crippen LogP contribution in [0.15, 0.2) is 61.3 Å². The van der Waals surface area contributed by atoms with Crippen LogP contribution in [0.4, 0.5) is 19.1 Å². The van der Waals surface area contributed by atoms with E-state index in [0.717, 1.165) is 46.7 Å². The Hall–Kier alpha value is -4.55. The number of rotatable bonds is 10. The molecule has 0 radical (unpaired) electrons. The SMILES string of the molecule is O=C(O)C(F)(F)F.O=C(O)CC(c1ccncc1)c1c[nH]c2cc(OCCCNc3ncc[nH]3)ccc12. The van der Waals surface area contributed by atoms with Crippen molar-refractivity contribution < 1.29 is 37.7 Å². The maximum Gasteiger partial charge on any atom is 0.490 e. The number of H-pyrrole nitrogens is 2. The number of fused-ring (bicyclic) bond motifs is 1. The van der Waals surface area contributed by atoms with Gasteiger partial charge in [-0.25, -0.2) is 9.78 Å². The number of halogens is 3. The number of alkyl halides is 3. The van der Waals surface area contributed by atoms with E-state index in [2.05, 4.69) is 25.3 Å². The lowest BCUT2D eigenvalue weighted by Crippen LogP contribution is -2.21. The lowest BCUT2D eigenvalue weighted by Gasteiger charge is -2.15. The minimum absolute atomic E-state index is 0.0118. The molecule has 1 unspecified atom stereocenters. The Morgan fingerprint density at radius 3 is 2.43 bits per heavy atom. The van der Waals surface area contributed by atoms with Gasteiger partial charge in [-0.2, -0.15) is 13.2 Å². The fourth-order valence-electron chi connectivity index (χ4n) is 3.51. The van der Waals surface area contributed by atoms with E-state index in [9.17, 15) is 23.1 Å². The van der Waals surface area contributed by atoms with Gasteiger partial charge in [0, 0.05) is 60.4 Å². The first-order chi connectivity index (χ1) is 17.6. The smallest absolute Gasteiger partial charge is 0.490 e. The highest BCUT2D eigenvalue weighted by atomic mass is 19.4. The van der Waals surface area contributed by atoms with E-state index in [1.54, 1.807) is 24.8 Å². The van der Waals surface area contributed by atoms with Crippen LogP contribution in [-0.4, -0.2) is 61.4 Å². The molecule has 1 aromatic carbocycles. The van der Waals surface area contributed by atoms with Crippen molar-refractivity contribution in [3.8, 4) is 5.75 Å². The summed E-state index contributed by atoms with van der Waals surface area (Å²) in [5.41, 5.74) is 2.80. The average molecular weight is 519 g/mol. The zero-order chi connectivity index (χ0) is 26.8. The standard InChI is InChI=1S/C22H23N5O3.C2HF3O2/c28-21(29)13-18(15-4-7-23-8-5-15)19-14-27-20-12-16(2-3-17(19)20)30-11-1-6-24-22-25-9-10-26-22;3-2(4,5)1(6)7/h2-5,7-10,12,14,18,27H,1,6,11,13H2,(H,28,29)(H2,24,25,26);(H,6,7). The van der Waals surface area contributed by atoms with Crippen molar-refractivity contribution in [2.45, 2.75) is 24.9 Å². The van der Waals surface area contributed by atoms with Crippen molar-refractivity contribution in [3.05, 3.63) is 72.4 Å². The summed E-state index contributed by atoms with van der Waals surface area (Å²) >= 11 is 0. The van der Waals surface area contributed by atoms with Crippen molar-refractivity contribution in [1.29, 1.82) is 0 Å². The van der Waals surface area contributed by atoms with Crippen molar-refractivity contribution in [2.24, 2.45) is 0 Å². The topological polar surface area (TPSA) is 153 Å². The normalized spacial score (nSPS) is 11.9. The Morgan fingerprint density at radius 2 is 1.81 bits per heavy atom. The first-order valence-corrected chi connectivity index (χ1v) is 11.0. The van der Waals surface area contributed by atoms with Gasteiger partial charge < -0.3 is 30.2 Å². The number of aromatic amines is 2. The number of imidazole rings is 1. The third-order valence-corrected chi connectivity index (χ3v) is 5.17. The molecule has 4 aromatic rings. The second kappa shape index (κ2) is 12.4. The van der Waals surface area contributed by atoms with Gasteiger partial charge in [-0.05, 0) is 41.8 Å². The van der Waals surface area contributed by atoms with E-state index in [1.807, 2.05) is 36.5 Å². The molecule has 10 nitrogen and oxygen atoms in total. The minimum Gasteiger partial charge on any atom is -0.493 e. The molecule has 0 saturated heterocycles. The first-order valence-electron chi connectivity index (χ1n) is 11.0. The summed E-state index contributed by atoms with van der Waals surface area (Å²) < 4.78 is 37.6. The third kappa shape index (κ3) is 7.98. The summed E-state index contributed by atoms with van der Waals surface area (Å²) in [5, 5.41) is 20.7. The molecule has 0 fully saturated rings. The summed E-state index contributed by atoms with van der Waals surface area (Å²) in [6, 6.07) is 9.57. The number of carbonyl (C=O) groups is 2. The van der Waals surface area contributed by atoms with Crippen molar-refractivity contribution in [1.82, 2.24) is 19.9 Å².